The number of carbonyl (C=O) groups excluding carboxylic acids is 1. The van der Waals surface area contributed by atoms with Crippen molar-refractivity contribution in [1.82, 2.24) is 4.90 Å². The third kappa shape index (κ3) is 2.72. The monoisotopic (exact) mass is 377 g/mol. The molecule has 1 N–H and O–H groups in total. The van der Waals surface area contributed by atoms with Gasteiger partial charge in [0.1, 0.15) is 5.82 Å². The van der Waals surface area contributed by atoms with Gasteiger partial charge in [0.2, 0.25) is 0 Å². The van der Waals surface area contributed by atoms with Gasteiger partial charge in [-0.3, -0.25) is 9.59 Å². The number of rotatable bonds is 2. The fourth-order valence-electron chi connectivity index (χ4n) is 2.14. The van der Waals surface area contributed by atoms with Crippen LogP contribution >= 0.6 is 22.6 Å². The Hall–Kier alpha value is -1.18. The molecule has 0 saturated carbocycles. The first-order valence-electron chi connectivity index (χ1n) is 5.81. The van der Waals surface area contributed by atoms with Gasteiger partial charge in [-0.2, -0.15) is 0 Å². The van der Waals surface area contributed by atoms with E-state index in [1.54, 1.807) is 6.92 Å². The lowest BCUT2D eigenvalue weighted by Crippen LogP contribution is -2.35. The molecular weight excluding hydrogens is 364 g/mol. The van der Waals surface area contributed by atoms with Crippen molar-refractivity contribution in [2.45, 2.75) is 13.3 Å². The Morgan fingerprint density at radius 3 is 2.68 bits per heavy atom. The number of carbonyl (C=O) groups is 2. The van der Waals surface area contributed by atoms with Crippen LogP contribution in [-0.4, -0.2) is 35.0 Å². The van der Waals surface area contributed by atoms with Crippen molar-refractivity contribution in [1.29, 1.82) is 0 Å². The highest BCUT2D eigenvalue weighted by Gasteiger charge is 2.42. The summed E-state index contributed by atoms with van der Waals surface area (Å²) < 4.78 is 13.5. The number of amides is 1. The van der Waals surface area contributed by atoms with Gasteiger partial charge >= 0.3 is 5.97 Å². The SMILES string of the molecule is CC1(C(=O)O)CCN(C(=O)c2ccc(F)cc2I)C1. The average Bonchev–Trinajstić information content (AvgIpc) is 2.73. The molecule has 1 aromatic rings. The van der Waals surface area contributed by atoms with Crippen LogP contribution < -0.4 is 0 Å². The van der Waals surface area contributed by atoms with E-state index in [2.05, 4.69) is 0 Å². The summed E-state index contributed by atoms with van der Waals surface area (Å²) in [5.41, 5.74) is -0.474. The molecule has 1 heterocycles. The molecule has 1 aliphatic rings. The lowest BCUT2D eigenvalue weighted by Gasteiger charge is -2.20. The maximum absolute atomic E-state index is 13.0. The fraction of sp³-hybridized carbons (Fsp3) is 0.385. The molecule has 6 heteroatoms. The van der Waals surface area contributed by atoms with Crippen LogP contribution in [0.3, 0.4) is 0 Å². The summed E-state index contributed by atoms with van der Waals surface area (Å²) in [6.45, 7) is 2.24. The van der Waals surface area contributed by atoms with E-state index in [0.717, 1.165) is 0 Å². The molecule has 19 heavy (non-hydrogen) atoms. The van der Waals surface area contributed by atoms with Crippen LogP contribution in [-0.2, 0) is 4.79 Å². The minimum atomic E-state index is -0.892. The number of carboxylic acid groups (broad SMARTS) is 1. The van der Waals surface area contributed by atoms with Crippen molar-refractivity contribution < 1.29 is 19.1 Å². The van der Waals surface area contributed by atoms with Crippen LogP contribution in [0, 0.1) is 14.8 Å². The summed E-state index contributed by atoms with van der Waals surface area (Å²) in [4.78, 5) is 25.0. The fourth-order valence-corrected chi connectivity index (χ4v) is 2.85. The van der Waals surface area contributed by atoms with Gasteiger partial charge in [0.15, 0.2) is 0 Å². The lowest BCUT2D eigenvalue weighted by atomic mass is 9.90. The highest BCUT2D eigenvalue weighted by molar-refractivity contribution is 14.1. The normalized spacial score (nSPS) is 22.6. The minimum Gasteiger partial charge on any atom is -0.481 e. The zero-order valence-electron chi connectivity index (χ0n) is 10.3. The summed E-state index contributed by atoms with van der Waals surface area (Å²) in [6, 6.07) is 3.97. The van der Waals surface area contributed by atoms with Crippen LogP contribution in [0.4, 0.5) is 4.39 Å². The van der Waals surface area contributed by atoms with E-state index >= 15 is 0 Å². The van der Waals surface area contributed by atoms with Crippen molar-refractivity contribution in [2.24, 2.45) is 5.41 Å². The smallest absolute Gasteiger partial charge is 0.311 e. The van der Waals surface area contributed by atoms with E-state index in [1.165, 1.54) is 23.1 Å². The maximum atomic E-state index is 13.0. The van der Waals surface area contributed by atoms with E-state index in [9.17, 15) is 14.0 Å². The molecule has 1 fully saturated rings. The highest BCUT2D eigenvalue weighted by atomic mass is 127. The number of benzene rings is 1. The molecule has 1 aliphatic heterocycles. The number of hydrogen-bond donors (Lipinski definition) is 1. The van der Waals surface area contributed by atoms with Crippen molar-refractivity contribution in [3.05, 3.63) is 33.1 Å². The molecule has 0 aliphatic carbocycles. The molecule has 1 aromatic carbocycles. The zero-order valence-corrected chi connectivity index (χ0v) is 12.5. The van der Waals surface area contributed by atoms with Crippen molar-refractivity contribution >= 4 is 34.5 Å². The van der Waals surface area contributed by atoms with Crippen LogP contribution in [0.25, 0.3) is 0 Å². The lowest BCUT2D eigenvalue weighted by molar-refractivity contribution is -0.147. The van der Waals surface area contributed by atoms with Crippen molar-refractivity contribution in [3.63, 3.8) is 0 Å². The molecule has 1 atom stereocenters. The quantitative estimate of drug-likeness (QED) is 0.806. The van der Waals surface area contributed by atoms with Gasteiger partial charge in [-0.15, -0.1) is 0 Å². The molecule has 0 spiro atoms. The predicted molar refractivity (Wildman–Crippen MR) is 75.4 cm³/mol. The first-order valence-corrected chi connectivity index (χ1v) is 6.89. The predicted octanol–water partition coefficient (Wildman–Crippen LogP) is 2.37. The number of likely N-dealkylation sites (tertiary alicyclic amines) is 1. The minimum absolute atomic E-state index is 0.189. The van der Waals surface area contributed by atoms with E-state index in [-0.39, 0.29) is 12.5 Å². The van der Waals surface area contributed by atoms with Gasteiger partial charge in [-0.25, -0.2) is 4.39 Å². The van der Waals surface area contributed by atoms with E-state index in [0.29, 0.717) is 22.1 Å². The van der Waals surface area contributed by atoms with Gasteiger partial charge in [0.25, 0.3) is 5.91 Å². The summed E-state index contributed by atoms with van der Waals surface area (Å²) in [5.74, 6) is -1.52. The standard InChI is InChI=1S/C13H13FINO3/c1-13(12(18)19)4-5-16(7-13)11(17)9-3-2-8(14)6-10(9)15/h2-3,6H,4-5,7H2,1H3,(H,18,19). The Bertz CT molecular complexity index is 549. The van der Waals surface area contributed by atoms with Gasteiger partial charge < -0.3 is 10.0 Å². The second-order valence-corrected chi connectivity index (χ2v) is 6.13. The summed E-state index contributed by atoms with van der Waals surface area (Å²) in [7, 11) is 0. The van der Waals surface area contributed by atoms with Crippen LogP contribution in [0.2, 0.25) is 0 Å². The Balaban J connectivity index is 2.20. The molecule has 1 amide bonds. The maximum Gasteiger partial charge on any atom is 0.311 e. The third-order valence-electron chi connectivity index (χ3n) is 3.44. The van der Waals surface area contributed by atoms with Crippen molar-refractivity contribution in [2.75, 3.05) is 13.1 Å². The molecule has 1 saturated heterocycles. The van der Waals surface area contributed by atoms with Crippen LogP contribution in [0.5, 0.6) is 0 Å². The van der Waals surface area contributed by atoms with E-state index in [1.807, 2.05) is 22.6 Å². The second-order valence-electron chi connectivity index (χ2n) is 4.97. The third-order valence-corrected chi connectivity index (χ3v) is 4.33. The molecule has 4 nitrogen and oxygen atoms in total. The summed E-state index contributed by atoms with van der Waals surface area (Å²) in [6.07, 6.45) is 0.436. The molecule has 0 radical (unpaired) electrons. The Morgan fingerprint density at radius 2 is 2.16 bits per heavy atom. The van der Waals surface area contributed by atoms with Gasteiger partial charge in [0, 0.05) is 16.7 Å². The van der Waals surface area contributed by atoms with Crippen LogP contribution in [0.15, 0.2) is 18.2 Å². The number of aliphatic carboxylic acids is 1. The largest absolute Gasteiger partial charge is 0.481 e. The summed E-state index contributed by atoms with van der Waals surface area (Å²) in [5, 5.41) is 9.14. The zero-order chi connectivity index (χ0) is 14.2. The first-order chi connectivity index (χ1) is 8.83. The van der Waals surface area contributed by atoms with E-state index < -0.39 is 17.2 Å². The molecule has 0 aromatic heterocycles. The molecule has 102 valence electrons. The number of hydrogen-bond acceptors (Lipinski definition) is 2. The number of carboxylic acids is 1. The molecular formula is C13H13FINO3. The topological polar surface area (TPSA) is 57.6 Å². The second kappa shape index (κ2) is 5.07. The van der Waals surface area contributed by atoms with Crippen molar-refractivity contribution in [3.8, 4) is 0 Å². The van der Waals surface area contributed by atoms with Gasteiger partial charge in [-0.05, 0) is 54.1 Å². The molecule has 0 bridgehead atoms. The average molecular weight is 377 g/mol. The first kappa shape index (κ1) is 14.2. The Labute approximate surface area is 123 Å². The van der Waals surface area contributed by atoms with Gasteiger partial charge in [-0.1, -0.05) is 0 Å². The molecule has 1 unspecified atom stereocenters. The number of halogens is 2. The van der Waals surface area contributed by atoms with E-state index in [4.69, 9.17) is 5.11 Å². The number of nitrogens with zero attached hydrogens (tertiary/aromatic N) is 1. The Morgan fingerprint density at radius 1 is 1.47 bits per heavy atom. The van der Waals surface area contributed by atoms with Crippen LogP contribution in [0.1, 0.15) is 23.7 Å². The summed E-state index contributed by atoms with van der Waals surface area (Å²) >= 11 is 1.91. The highest BCUT2D eigenvalue weighted by Crippen LogP contribution is 2.31. The molecule has 2 rings (SSSR count). The Kier molecular flexibility index (Phi) is 3.80. The van der Waals surface area contributed by atoms with Gasteiger partial charge in [0.05, 0.1) is 11.0 Å².